The first-order valence-corrected chi connectivity index (χ1v) is 5.39. The lowest BCUT2D eigenvalue weighted by Crippen LogP contribution is -2.06. The van der Waals surface area contributed by atoms with Crippen LogP contribution in [0.25, 0.3) is 0 Å². The SMILES string of the molecule is CCn1cnnc1CNc1cc(N)ns1. The number of aryl methyl sites for hydroxylation is 1. The zero-order chi connectivity index (χ0) is 10.7. The molecule has 0 amide bonds. The molecule has 0 atom stereocenters. The van der Waals surface area contributed by atoms with Crippen LogP contribution in [0.1, 0.15) is 12.7 Å². The average Bonchev–Trinajstić information content (AvgIpc) is 2.83. The molecule has 0 fully saturated rings. The van der Waals surface area contributed by atoms with E-state index in [-0.39, 0.29) is 0 Å². The molecule has 0 aliphatic heterocycles. The maximum atomic E-state index is 5.51. The summed E-state index contributed by atoms with van der Waals surface area (Å²) in [5, 5.41) is 12.0. The number of nitrogens with one attached hydrogen (secondary N) is 1. The Morgan fingerprint density at radius 2 is 2.47 bits per heavy atom. The Kier molecular flexibility index (Phi) is 2.82. The molecule has 0 aromatic carbocycles. The van der Waals surface area contributed by atoms with E-state index in [1.165, 1.54) is 11.5 Å². The molecule has 0 unspecified atom stereocenters. The Balaban J connectivity index is 1.98. The molecule has 2 heterocycles. The van der Waals surface area contributed by atoms with Crippen molar-refractivity contribution in [3.8, 4) is 0 Å². The molecule has 3 N–H and O–H groups in total. The number of aromatic nitrogens is 4. The molecule has 15 heavy (non-hydrogen) atoms. The predicted molar refractivity (Wildman–Crippen MR) is 59.5 cm³/mol. The molecule has 0 aliphatic carbocycles. The average molecular weight is 224 g/mol. The summed E-state index contributed by atoms with van der Waals surface area (Å²) in [6.45, 7) is 3.56. The van der Waals surface area contributed by atoms with Crippen LogP contribution in [0.2, 0.25) is 0 Å². The van der Waals surface area contributed by atoms with Gasteiger partial charge in [-0.25, -0.2) is 0 Å². The topological polar surface area (TPSA) is 81.7 Å². The smallest absolute Gasteiger partial charge is 0.152 e. The fraction of sp³-hybridized carbons (Fsp3) is 0.375. The van der Waals surface area contributed by atoms with Crippen LogP contribution in [0.3, 0.4) is 0 Å². The van der Waals surface area contributed by atoms with Gasteiger partial charge in [0, 0.05) is 12.6 Å². The van der Waals surface area contributed by atoms with E-state index < -0.39 is 0 Å². The van der Waals surface area contributed by atoms with Gasteiger partial charge in [-0.2, -0.15) is 4.37 Å². The first-order valence-electron chi connectivity index (χ1n) is 4.62. The fourth-order valence-corrected chi connectivity index (χ4v) is 1.78. The van der Waals surface area contributed by atoms with Crippen molar-refractivity contribution in [2.75, 3.05) is 11.1 Å². The largest absolute Gasteiger partial charge is 0.383 e. The second kappa shape index (κ2) is 4.26. The van der Waals surface area contributed by atoms with Crippen LogP contribution in [0.4, 0.5) is 10.8 Å². The molecule has 0 bridgehead atoms. The lowest BCUT2D eigenvalue weighted by atomic mass is 10.5. The highest BCUT2D eigenvalue weighted by molar-refractivity contribution is 7.10. The van der Waals surface area contributed by atoms with Crippen LogP contribution in [0.5, 0.6) is 0 Å². The van der Waals surface area contributed by atoms with E-state index in [2.05, 4.69) is 26.8 Å². The monoisotopic (exact) mass is 224 g/mol. The van der Waals surface area contributed by atoms with E-state index >= 15 is 0 Å². The summed E-state index contributed by atoms with van der Waals surface area (Å²) in [5.41, 5.74) is 5.51. The molecule has 0 radical (unpaired) electrons. The molecule has 0 saturated carbocycles. The molecule has 2 rings (SSSR count). The summed E-state index contributed by atoms with van der Waals surface area (Å²) in [4.78, 5) is 0. The third kappa shape index (κ3) is 2.24. The van der Waals surface area contributed by atoms with Crippen molar-refractivity contribution >= 4 is 22.4 Å². The van der Waals surface area contributed by atoms with E-state index in [0.29, 0.717) is 12.4 Å². The van der Waals surface area contributed by atoms with Gasteiger partial charge in [0.15, 0.2) is 5.82 Å². The first kappa shape index (κ1) is 9.91. The van der Waals surface area contributed by atoms with Crippen LogP contribution in [0, 0.1) is 0 Å². The molecule has 80 valence electrons. The Morgan fingerprint density at radius 1 is 1.60 bits per heavy atom. The number of hydrogen-bond donors (Lipinski definition) is 2. The molecular formula is C8H12N6S. The third-order valence-electron chi connectivity index (χ3n) is 1.99. The Labute approximate surface area is 91.3 Å². The van der Waals surface area contributed by atoms with Gasteiger partial charge in [0.25, 0.3) is 0 Å². The first-order chi connectivity index (χ1) is 7.29. The lowest BCUT2D eigenvalue weighted by Gasteiger charge is -2.03. The lowest BCUT2D eigenvalue weighted by molar-refractivity contribution is 0.708. The molecule has 0 aliphatic rings. The van der Waals surface area contributed by atoms with Crippen molar-refractivity contribution in [1.29, 1.82) is 0 Å². The number of hydrogen-bond acceptors (Lipinski definition) is 6. The van der Waals surface area contributed by atoms with Crippen LogP contribution in [0.15, 0.2) is 12.4 Å². The molecule has 2 aromatic rings. The third-order valence-corrected chi connectivity index (χ3v) is 2.75. The van der Waals surface area contributed by atoms with Crippen LogP contribution in [-0.2, 0) is 13.1 Å². The fourth-order valence-electron chi connectivity index (χ4n) is 1.22. The van der Waals surface area contributed by atoms with Crippen molar-refractivity contribution in [3.05, 3.63) is 18.2 Å². The van der Waals surface area contributed by atoms with Crippen molar-refractivity contribution in [3.63, 3.8) is 0 Å². The van der Waals surface area contributed by atoms with Gasteiger partial charge >= 0.3 is 0 Å². The predicted octanol–water partition coefficient (Wildman–Crippen LogP) is 0.949. The standard InChI is InChI=1S/C8H12N6S/c1-2-14-5-11-12-7(14)4-10-8-3-6(9)13-15-8/h3,5,10H,2,4H2,1H3,(H2,9,13). The Hall–Kier alpha value is -1.63. The summed E-state index contributed by atoms with van der Waals surface area (Å²) >= 11 is 1.34. The van der Waals surface area contributed by atoms with Crippen LogP contribution >= 0.6 is 11.5 Å². The molecular weight excluding hydrogens is 212 g/mol. The Bertz CT molecular complexity index is 434. The number of nitrogen functional groups attached to an aromatic ring is 1. The molecule has 2 aromatic heterocycles. The summed E-state index contributed by atoms with van der Waals surface area (Å²) in [5.74, 6) is 1.45. The van der Waals surface area contributed by atoms with E-state index in [0.717, 1.165) is 17.4 Å². The van der Waals surface area contributed by atoms with Crippen molar-refractivity contribution in [2.24, 2.45) is 0 Å². The minimum atomic E-state index is 0.541. The van der Waals surface area contributed by atoms with Gasteiger partial charge in [0.2, 0.25) is 0 Å². The quantitative estimate of drug-likeness (QED) is 0.808. The Morgan fingerprint density at radius 3 is 3.13 bits per heavy atom. The molecule has 6 nitrogen and oxygen atoms in total. The molecule has 0 spiro atoms. The molecule has 7 heteroatoms. The zero-order valence-corrected chi connectivity index (χ0v) is 9.16. The number of anilines is 2. The van der Waals surface area contributed by atoms with Gasteiger partial charge in [-0.15, -0.1) is 10.2 Å². The van der Waals surface area contributed by atoms with Crippen LogP contribution in [-0.4, -0.2) is 19.1 Å². The van der Waals surface area contributed by atoms with Crippen molar-refractivity contribution in [2.45, 2.75) is 20.0 Å². The van der Waals surface area contributed by atoms with E-state index in [1.54, 1.807) is 12.4 Å². The summed E-state index contributed by atoms with van der Waals surface area (Å²) in [6, 6.07) is 1.80. The van der Waals surface area contributed by atoms with Gasteiger partial charge in [-0.3, -0.25) is 0 Å². The number of nitrogens with zero attached hydrogens (tertiary/aromatic N) is 4. The normalized spacial score (nSPS) is 10.5. The minimum absolute atomic E-state index is 0.541. The summed E-state index contributed by atoms with van der Waals surface area (Å²) < 4.78 is 5.96. The summed E-state index contributed by atoms with van der Waals surface area (Å²) in [6.07, 6.45) is 1.72. The highest BCUT2D eigenvalue weighted by Gasteiger charge is 2.03. The van der Waals surface area contributed by atoms with Crippen molar-refractivity contribution in [1.82, 2.24) is 19.1 Å². The highest BCUT2D eigenvalue weighted by Crippen LogP contribution is 2.17. The van der Waals surface area contributed by atoms with E-state index in [9.17, 15) is 0 Å². The molecule has 0 saturated heterocycles. The van der Waals surface area contributed by atoms with Gasteiger partial charge < -0.3 is 15.6 Å². The maximum absolute atomic E-state index is 5.51. The van der Waals surface area contributed by atoms with Gasteiger partial charge in [-0.05, 0) is 18.5 Å². The van der Waals surface area contributed by atoms with Crippen LogP contribution < -0.4 is 11.1 Å². The second-order valence-corrected chi connectivity index (χ2v) is 3.81. The highest BCUT2D eigenvalue weighted by atomic mass is 32.1. The van der Waals surface area contributed by atoms with Gasteiger partial charge in [0.1, 0.15) is 17.1 Å². The zero-order valence-electron chi connectivity index (χ0n) is 8.34. The number of rotatable bonds is 4. The maximum Gasteiger partial charge on any atom is 0.152 e. The minimum Gasteiger partial charge on any atom is -0.383 e. The second-order valence-electron chi connectivity index (χ2n) is 3.00. The number of nitrogens with two attached hydrogens (primary N) is 1. The summed E-state index contributed by atoms with van der Waals surface area (Å²) in [7, 11) is 0. The van der Waals surface area contributed by atoms with E-state index in [1.807, 2.05) is 4.57 Å². The van der Waals surface area contributed by atoms with Gasteiger partial charge in [-0.1, -0.05) is 0 Å². The van der Waals surface area contributed by atoms with E-state index in [4.69, 9.17) is 5.73 Å². The van der Waals surface area contributed by atoms with Crippen molar-refractivity contribution < 1.29 is 0 Å². The van der Waals surface area contributed by atoms with Gasteiger partial charge in [0.05, 0.1) is 6.54 Å².